The van der Waals surface area contributed by atoms with Crippen LogP contribution in [0.1, 0.15) is 30.9 Å². The summed E-state index contributed by atoms with van der Waals surface area (Å²) in [4.78, 5) is 10.4. The summed E-state index contributed by atoms with van der Waals surface area (Å²) < 4.78 is 13.5. The third-order valence-corrected chi connectivity index (χ3v) is 6.89. The summed E-state index contributed by atoms with van der Waals surface area (Å²) in [6.07, 6.45) is 2.16. The van der Waals surface area contributed by atoms with E-state index in [0.717, 1.165) is 60.3 Å². The number of quaternary nitrogens is 2. The standard InChI is InChI=1S/C29H31FN4.2ClH.4H2O/c1-22(2)34-28-11-7-6-10-27(28)33(21-24-12-14-25(30)15-13-24)29(34)31-26-16-18-32(19-17-26)20-23-8-4-3-5-9-23;;;;;;/h3-15,26H,1,16-21H2,2H3;2*1H;4*1H2. The maximum atomic E-state index is 13.5. The van der Waals surface area contributed by atoms with Gasteiger partial charge in [0.25, 0.3) is 0 Å². The molecule has 5 rings (SSSR count). The Balaban J connectivity index is 0. The van der Waals surface area contributed by atoms with E-state index in [1.54, 1.807) is 4.90 Å². The first-order valence-electron chi connectivity index (χ1n) is 12.2. The molecule has 0 radical (unpaired) electrons. The minimum atomic E-state index is -0.210. The van der Waals surface area contributed by atoms with Gasteiger partial charge in [0.05, 0.1) is 25.7 Å². The minimum Gasteiger partial charge on any atom is -1.00 e. The summed E-state index contributed by atoms with van der Waals surface area (Å²) in [7, 11) is 0. The molecule has 2 heterocycles. The van der Waals surface area contributed by atoms with E-state index in [-0.39, 0.29) is 52.5 Å². The van der Waals surface area contributed by atoms with Crippen molar-refractivity contribution < 1.29 is 60.9 Å². The molecule has 1 unspecified atom stereocenters. The maximum absolute atomic E-state index is 13.5. The number of halogens is 3. The third kappa shape index (κ3) is 8.82. The van der Waals surface area contributed by atoms with E-state index < -0.39 is 0 Å². The van der Waals surface area contributed by atoms with Crippen LogP contribution in [0.3, 0.4) is 0 Å². The van der Waals surface area contributed by atoms with Crippen LogP contribution in [0, 0.1) is 5.82 Å². The Labute approximate surface area is 247 Å². The fourth-order valence-electron chi connectivity index (χ4n) is 5.15. The van der Waals surface area contributed by atoms with Crippen LogP contribution in [-0.4, -0.2) is 47.0 Å². The number of anilines is 1. The number of nitrogens with one attached hydrogen (secondary N) is 2. The molecule has 40 heavy (non-hydrogen) atoms. The molecule has 0 saturated carbocycles. The summed E-state index contributed by atoms with van der Waals surface area (Å²) in [5.74, 6) is 0.799. The highest BCUT2D eigenvalue weighted by Gasteiger charge is 2.40. The minimum absolute atomic E-state index is 0. The van der Waals surface area contributed by atoms with Crippen molar-refractivity contribution >= 4 is 17.3 Å². The molecule has 3 aromatic rings. The molecule has 1 saturated heterocycles. The number of hydrogen-bond donors (Lipinski definition) is 2. The van der Waals surface area contributed by atoms with Gasteiger partial charge >= 0.3 is 5.96 Å². The number of hydrogen-bond acceptors (Lipinski definition) is 1. The van der Waals surface area contributed by atoms with Crippen LogP contribution >= 0.6 is 0 Å². The van der Waals surface area contributed by atoms with E-state index in [1.165, 1.54) is 23.4 Å². The Kier molecular flexibility index (Phi) is 17.4. The topological polar surface area (TPSA) is 150 Å². The van der Waals surface area contributed by atoms with Gasteiger partial charge < -0.3 is 51.6 Å². The van der Waals surface area contributed by atoms with Crippen molar-refractivity contribution in [3.8, 4) is 0 Å². The lowest BCUT2D eigenvalue weighted by molar-refractivity contribution is -0.918. The van der Waals surface area contributed by atoms with Crippen molar-refractivity contribution in [2.24, 2.45) is 4.99 Å². The van der Waals surface area contributed by atoms with Crippen molar-refractivity contribution in [2.45, 2.75) is 38.9 Å². The second kappa shape index (κ2) is 17.8. The number of guanidine groups is 1. The van der Waals surface area contributed by atoms with Crippen LogP contribution in [0.15, 0.2) is 96.1 Å². The number of aliphatic imine (C=N–C) groups is 1. The molecule has 8 nitrogen and oxygen atoms in total. The predicted octanol–water partition coefficient (Wildman–Crippen LogP) is -5.79. The van der Waals surface area contributed by atoms with E-state index in [1.807, 2.05) is 12.1 Å². The Morgan fingerprint density at radius 1 is 0.850 bits per heavy atom. The quantitative estimate of drug-likeness (QED) is 0.285. The van der Waals surface area contributed by atoms with Crippen molar-refractivity contribution in [3.05, 3.63) is 108 Å². The molecule has 1 fully saturated rings. The van der Waals surface area contributed by atoms with Gasteiger partial charge in [-0.15, -0.1) is 0 Å². The van der Waals surface area contributed by atoms with Crippen LogP contribution in [-0.2, 0) is 13.1 Å². The molecule has 222 valence electrons. The second-order valence-corrected chi connectivity index (χ2v) is 9.48. The third-order valence-electron chi connectivity index (χ3n) is 6.89. The van der Waals surface area contributed by atoms with Gasteiger partial charge in [0.1, 0.15) is 23.7 Å². The van der Waals surface area contributed by atoms with Crippen LogP contribution in [0.25, 0.3) is 0 Å². The SMILES string of the molecule is C=C(C)[NH+]1C(=NC2CC[NH+](Cc3ccccc3)CC2)N(Cc2ccc(F)cc2)c2ccccc21.O.O.O.O.[Cl-].[Cl-]. The van der Waals surface area contributed by atoms with E-state index in [4.69, 9.17) is 4.99 Å². The molecule has 3 aromatic carbocycles. The van der Waals surface area contributed by atoms with Crippen LogP contribution in [0.2, 0.25) is 0 Å². The van der Waals surface area contributed by atoms with Gasteiger partial charge in [0.2, 0.25) is 0 Å². The summed E-state index contributed by atoms with van der Waals surface area (Å²) in [6.45, 7) is 10.4. The second-order valence-electron chi connectivity index (χ2n) is 9.48. The van der Waals surface area contributed by atoms with Crippen molar-refractivity contribution in [2.75, 3.05) is 18.0 Å². The fourth-order valence-corrected chi connectivity index (χ4v) is 5.15. The first-order valence-corrected chi connectivity index (χ1v) is 12.2. The Hall–Kier alpha value is -2.86. The Bertz CT molecular complexity index is 1190. The van der Waals surface area contributed by atoms with Gasteiger partial charge in [-0.25, -0.2) is 14.3 Å². The predicted molar refractivity (Wildman–Crippen MR) is 150 cm³/mol. The Morgan fingerprint density at radius 2 is 1.43 bits per heavy atom. The molecule has 0 aromatic heterocycles. The molecule has 1 atom stereocenters. The van der Waals surface area contributed by atoms with Gasteiger partial charge in [0.15, 0.2) is 5.69 Å². The molecule has 10 N–H and O–H groups in total. The molecular formula is C29H41Cl2FN4O4. The average Bonchev–Trinajstić information content (AvgIpc) is 3.15. The molecule has 2 aliphatic rings. The zero-order valence-electron chi connectivity index (χ0n) is 22.6. The first-order chi connectivity index (χ1) is 16.6. The average molecular weight is 600 g/mol. The van der Waals surface area contributed by atoms with Gasteiger partial charge in [-0.3, -0.25) is 4.90 Å². The molecule has 0 aliphatic carbocycles. The number of piperidine rings is 1. The maximum Gasteiger partial charge on any atom is 0.314 e. The number of para-hydroxylation sites is 2. The number of rotatable bonds is 6. The largest absolute Gasteiger partial charge is 1.00 e. The van der Waals surface area contributed by atoms with Crippen molar-refractivity contribution in [1.29, 1.82) is 0 Å². The number of allylic oxidation sites excluding steroid dienone is 1. The Morgan fingerprint density at radius 3 is 2.02 bits per heavy atom. The zero-order valence-corrected chi connectivity index (χ0v) is 24.1. The van der Waals surface area contributed by atoms with Gasteiger partial charge in [0, 0.05) is 31.4 Å². The highest BCUT2D eigenvalue weighted by molar-refractivity contribution is 5.99. The van der Waals surface area contributed by atoms with E-state index in [0.29, 0.717) is 12.6 Å². The van der Waals surface area contributed by atoms with E-state index in [2.05, 4.69) is 73.0 Å². The molecule has 0 spiro atoms. The van der Waals surface area contributed by atoms with Gasteiger partial charge in [-0.05, 0) is 30.3 Å². The fraction of sp³-hybridized carbons (Fsp3) is 0.276. The van der Waals surface area contributed by atoms with Gasteiger partial charge in [-0.1, -0.05) is 54.6 Å². The lowest BCUT2D eigenvalue weighted by Gasteiger charge is -2.28. The van der Waals surface area contributed by atoms with E-state index in [9.17, 15) is 4.39 Å². The molecule has 2 aliphatic heterocycles. The van der Waals surface area contributed by atoms with Crippen molar-refractivity contribution in [3.63, 3.8) is 0 Å². The molecular weight excluding hydrogens is 558 g/mol. The molecule has 11 heteroatoms. The normalized spacial score (nSPS) is 19.7. The highest BCUT2D eigenvalue weighted by atomic mass is 35.5. The molecule has 0 amide bonds. The number of nitrogens with zero attached hydrogens (tertiary/aromatic N) is 2. The van der Waals surface area contributed by atoms with Crippen LogP contribution in [0.5, 0.6) is 0 Å². The number of benzene rings is 3. The summed E-state index contributed by atoms with van der Waals surface area (Å²) >= 11 is 0. The lowest BCUT2D eigenvalue weighted by atomic mass is 10.0. The van der Waals surface area contributed by atoms with Crippen LogP contribution < -0.4 is 39.5 Å². The summed E-state index contributed by atoms with van der Waals surface area (Å²) in [5, 5.41) is 0. The summed E-state index contributed by atoms with van der Waals surface area (Å²) in [5.41, 5.74) is 5.82. The van der Waals surface area contributed by atoms with Crippen molar-refractivity contribution in [1.82, 2.24) is 0 Å². The summed E-state index contributed by atoms with van der Waals surface area (Å²) in [6, 6.07) is 26.3. The zero-order chi connectivity index (χ0) is 23.5. The monoisotopic (exact) mass is 598 g/mol. The van der Waals surface area contributed by atoms with E-state index >= 15 is 0 Å². The number of fused-ring (bicyclic) bond motifs is 1. The first kappa shape index (κ1) is 39.3. The highest BCUT2D eigenvalue weighted by Crippen LogP contribution is 2.30. The van der Waals surface area contributed by atoms with Crippen LogP contribution in [0.4, 0.5) is 15.8 Å². The smallest absolute Gasteiger partial charge is 0.314 e. The molecule has 0 bridgehead atoms. The number of likely N-dealkylation sites (tertiary alicyclic amines) is 1. The lowest BCUT2D eigenvalue weighted by Crippen LogP contribution is -3.12. The van der Waals surface area contributed by atoms with Gasteiger partial charge in [-0.2, -0.15) is 0 Å².